The Morgan fingerprint density at radius 2 is 1.71 bits per heavy atom. The molecule has 2 aromatic rings. The molecule has 2 nitrogen and oxygen atoms in total. The van der Waals surface area contributed by atoms with Gasteiger partial charge in [-0.05, 0) is 61.6 Å². The standard InChI is InChI=1S/C19H24O2/c1-5-16-7-6-8-17(11-16)21-12-18(20)19-14(3)9-13(2)10-15(19)4/h6-11,18,20H,5,12H2,1-4H3. The first kappa shape index (κ1) is 15.6. The highest BCUT2D eigenvalue weighted by Gasteiger charge is 2.14. The minimum absolute atomic E-state index is 0.276. The summed E-state index contributed by atoms with van der Waals surface area (Å²) in [6.45, 7) is 8.54. The lowest BCUT2D eigenvalue weighted by Gasteiger charge is -2.18. The van der Waals surface area contributed by atoms with Gasteiger partial charge in [0.25, 0.3) is 0 Å². The summed E-state index contributed by atoms with van der Waals surface area (Å²) >= 11 is 0. The van der Waals surface area contributed by atoms with Crippen LogP contribution in [0.15, 0.2) is 36.4 Å². The van der Waals surface area contributed by atoms with Crippen LogP contribution >= 0.6 is 0 Å². The van der Waals surface area contributed by atoms with E-state index in [1.165, 1.54) is 11.1 Å². The van der Waals surface area contributed by atoms with Crippen LogP contribution in [-0.2, 0) is 6.42 Å². The van der Waals surface area contributed by atoms with Crippen molar-refractivity contribution in [3.8, 4) is 5.75 Å². The van der Waals surface area contributed by atoms with Crippen molar-refractivity contribution >= 4 is 0 Å². The lowest BCUT2D eigenvalue weighted by molar-refractivity contribution is 0.107. The molecule has 1 atom stereocenters. The Hall–Kier alpha value is -1.80. The van der Waals surface area contributed by atoms with Gasteiger partial charge in [0.05, 0.1) is 0 Å². The lowest BCUT2D eigenvalue weighted by atomic mass is 9.96. The van der Waals surface area contributed by atoms with E-state index in [-0.39, 0.29) is 6.61 Å². The molecule has 1 N–H and O–H groups in total. The van der Waals surface area contributed by atoms with Gasteiger partial charge in [0, 0.05) is 0 Å². The monoisotopic (exact) mass is 284 g/mol. The van der Waals surface area contributed by atoms with Crippen LogP contribution in [0.2, 0.25) is 0 Å². The summed E-state index contributed by atoms with van der Waals surface area (Å²) < 4.78 is 5.75. The summed E-state index contributed by atoms with van der Waals surface area (Å²) in [6.07, 6.45) is 0.381. The molecule has 0 spiro atoms. The van der Waals surface area contributed by atoms with E-state index >= 15 is 0 Å². The molecular formula is C19H24O2. The van der Waals surface area contributed by atoms with Crippen LogP contribution in [0.3, 0.4) is 0 Å². The molecule has 0 bridgehead atoms. The van der Waals surface area contributed by atoms with Gasteiger partial charge < -0.3 is 9.84 Å². The topological polar surface area (TPSA) is 29.5 Å². The van der Waals surface area contributed by atoms with Crippen molar-refractivity contribution < 1.29 is 9.84 Å². The summed E-state index contributed by atoms with van der Waals surface area (Å²) in [6, 6.07) is 12.2. The maximum Gasteiger partial charge on any atom is 0.119 e. The second kappa shape index (κ2) is 6.77. The molecule has 0 saturated carbocycles. The minimum atomic E-state index is -0.601. The van der Waals surface area contributed by atoms with Crippen molar-refractivity contribution in [2.75, 3.05) is 6.61 Å². The van der Waals surface area contributed by atoms with Crippen LogP contribution < -0.4 is 4.74 Å². The van der Waals surface area contributed by atoms with Crippen LogP contribution in [0.25, 0.3) is 0 Å². The average Bonchev–Trinajstić information content (AvgIpc) is 2.44. The SMILES string of the molecule is CCc1cccc(OCC(O)c2c(C)cc(C)cc2C)c1. The molecule has 0 aliphatic rings. The van der Waals surface area contributed by atoms with Crippen LogP contribution in [0.4, 0.5) is 0 Å². The van der Waals surface area contributed by atoms with Crippen molar-refractivity contribution in [3.05, 3.63) is 64.2 Å². The number of aliphatic hydroxyl groups is 1. The summed E-state index contributed by atoms with van der Waals surface area (Å²) in [5.74, 6) is 0.816. The zero-order valence-corrected chi connectivity index (χ0v) is 13.3. The summed E-state index contributed by atoms with van der Waals surface area (Å²) in [4.78, 5) is 0. The van der Waals surface area contributed by atoms with Crippen LogP contribution in [0.5, 0.6) is 5.75 Å². The lowest BCUT2D eigenvalue weighted by Crippen LogP contribution is -2.12. The van der Waals surface area contributed by atoms with Gasteiger partial charge in [0.2, 0.25) is 0 Å². The third-order valence-electron chi connectivity index (χ3n) is 3.79. The van der Waals surface area contributed by atoms with Crippen molar-refractivity contribution in [2.45, 2.75) is 40.2 Å². The fraction of sp³-hybridized carbons (Fsp3) is 0.368. The van der Waals surface area contributed by atoms with Crippen molar-refractivity contribution in [2.24, 2.45) is 0 Å². The normalized spacial score (nSPS) is 12.2. The van der Waals surface area contributed by atoms with Crippen molar-refractivity contribution in [1.82, 2.24) is 0 Å². The van der Waals surface area contributed by atoms with E-state index in [9.17, 15) is 5.11 Å². The molecule has 0 saturated heterocycles. The molecule has 0 radical (unpaired) electrons. The largest absolute Gasteiger partial charge is 0.491 e. The van der Waals surface area contributed by atoms with E-state index in [4.69, 9.17) is 4.74 Å². The molecule has 2 heteroatoms. The van der Waals surface area contributed by atoms with E-state index in [1.54, 1.807) is 0 Å². The first-order valence-corrected chi connectivity index (χ1v) is 7.48. The van der Waals surface area contributed by atoms with Gasteiger partial charge in [0.15, 0.2) is 0 Å². The molecule has 1 unspecified atom stereocenters. The first-order valence-electron chi connectivity index (χ1n) is 7.48. The zero-order chi connectivity index (χ0) is 15.4. The van der Waals surface area contributed by atoms with Gasteiger partial charge in [-0.3, -0.25) is 0 Å². The highest BCUT2D eigenvalue weighted by Crippen LogP contribution is 2.24. The van der Waals surface area contributed by atoms with Gasteiger partial charge in [-0.1, -0.05) is 36.8 Å². The van der Waals surface area contributed by atoms with E-state index in [1.807, 2.05) is 32.0 Å². The Morgan fingerprint density at radius 3 is 2.33 bits per heavy atom. The molecule has 0 amide bonds. The Labute approximate surface area is 127 Å². The van der Waals surface area contributed by atoms with Crippen molar-refractivity contribution in [3.63, 3.8) is 0 Å². The number of aryl methyl sites for hydroxylation is 4. The molecular weight excluding hydrogens is 260 g/mol. The van der Waals surface area contributed by atoms with E-state index in [0.717, 1.165) is 28.9 Å². The fourth-order valence-corrected chi connectivity index (χ4v) is 2.83. The van der Waals surface area contributed by atoms with Crippen molar-refractivity contribution in [1.29, 1.82) is 0 Å². The molecule has 112 valence electrons. The average molecular weight is 284 g/mol. The highest BCUT2D eigenvalue weighted by molar-refractivity contribution is 5.39. The number of hydrogen-bond donors (Lipinski definition) is 1. The third-order valence-corrected chi connectivity index (χ3v) is 3.79. The maximum absolute atomic E-state index is 10.4. The van der Waals surface area contributed by atoms with Gasteiger partial charge >= 0.3 is 0 Å². The van der Waals surface area contributed by atoms with Crippen LogP contribution in [-0.4, -0.2) is 11.7 Å². The van der Waals surface area contributed by atoms with Gasteiger partial charge in [-0.25, -0.2) is 0 Å². The number of ether oxygens (including phenoxy) is 1. The van der Waals surface area contributed by atoms with Gasteiger partial charge in [-0.2, -0.15) is 0 Å². The second-order valence-corrected chi connectivity index (χ2v) is 5.64. The number of hydrogen-bond acceptors (Lipinski definition) is 2. The van der Waals surface area contributed by atoms with Crippen LogP contribution in [0.1, 0.15) is 40.8 Å². The first-order chi connectivity index (χ1) is 10.0. The molecule has 0 aromatic heterocycles. The Kier molecular flexibility index (Phi) is 5.03. The summed E-state index contributed by atoms with van der Waals surface area (Å²) in [7, 11) is 0. The Balaban J connectivity index is 2.10. The molecule has 2 rings (SSSR count). The number of rotatable bonds is 5. The van der Waals surface area contributed by atoms with E-state index in [2.05, 4.69) is 32.0 Å². The Bertz CT molecular complexity index is 594. The van der Waals surface area contributed by atoms with E-state index < -0.39 is 6.10 Å². The third kappa shape index (κ3) is 3.85. The number of aliphatic hydroxyl groups excluding tert-OH is 1. The summed E-state index contributed by atoms with van der Waals surface area (Å²) in [5.41, 5.74) is 5.67. The minimum Gasteiger partial charge on any atom is -0.491 e. The molecule has 0 aliphatic heterocycles. The molecule has 0 aliphatic carbocycles. The number of benzene rings is 2. The maximum atomic E-state index is 10.4. The molecule has 0 fully saturated rings. The van der Waals surface area contributed by atoms with Gasteiger partial charge in [-0.15, -0.1) is 0 Å². The quantitative estimate of drug-likeness (QED) is 0.887. The summed E-state index contributed by atoms with van der Waals surface area (Å²) in [5, 5.41) is 10.4. The van der Waals surface area contributed by atoms with E-state index in [0.29, 0.717) is 0 Å². The predicted molar refractivity (Wildman–Crippen MR) is 86.9 cm³/mol. The van der Waals surface area contributed by atoms with Gasteiger partial charge in [0.1, 0.15) is 18.5 Å². The molecule has 21 heavy (non-hydrogen) atoms. The molecule has 2 aromatic carbocycles. The second-order valence-electron chi connectivity index (χ2n) is 5.64. The Morgan fingerprint density at radius 1 is 1.05 bits per heavy atom. The smallest absolute Gasteiger partial charge is 0.119 e. The fourth-order valence-electron chi connectivity index (χ4n) is 2.83. The predicted octanol–water partition coefficient (Wildman–Crippen LogP) is 4.29. The van der Waals surface area contributed by atoms with Crippen LogP contribution in [0, 0.1) is 20.8 Å². The zero-order valence-electron chi connectivity index (χ0n) is 13.3. The molecule has 0 heterocycles. The highest BCUT2D eigenvalue weighted by atomic mass is 16.5.